The molecule has 0 aliphatic heterocycles. The number of benzene rings is 1. The van der Waals surface area contributed by atoms with Gasteiger partial charge in [0.2, 0.25) is 0 Å². The maximum Gasteiger partial charge on any atom is 0.159 e. The summed E-state index contributed by atoms with van der Waals surface area (Å²) in [6, 6.07) is 3.55. The fourth-order valence-corrected chi connectivity index (χ4v) is 1.85. The first-order chi connectivity index (χ1) is 7.54. The van der Waals surface area contributed by atoms with Crippen LogP contribution in [0.2, 0.25) is 0 Å². The van der Waals surface area contributed by atoms with Gasteiger partial charge in [-0.3, -0.25) is 0 Å². The minimum Gasteiger partial charge on any atom is -0.388 e. The first-order valence-electron chi connectivity index (χ1n) is 5.67. The number of aliphatic hydroxyl groups is 1. The van der Waals surface area contributed by atoms with Crippen molar-refractivity contribution in [2.24, 2.45) is 5.92 Å². The first kappa shape index (κ1) is 13.1. The third-order valence-corrected chi connectivity index (χ3v) is 2.74. The summed E-state index contributed by atoms with van der Waals surface area (Å²) >= 11 is 0. The molecule has 2 atom stereocenters. The van der Waals surface area contributed by atoms with Crippen LogP contribution in [0.3, 0.4) is 0 Å². The van der Waals surface area contributed by atoms with E-state index in [0.717, 1.165) is 25.0 Å². The third-order valence-electron chi connectivity index (χ3n) is 2.74. The van der Waals surface area contributed by atoms with Crippen LogP contribution in [-0.2, 0) is 0 Å². The highest BCUT2D eigenvalue weighted by atomic mass is 19.2. The topological polar surface area (TPSA) is 20.2 Å². The molecule has 2 unspecified atom stereocenters. The minimum absolute atomic E-state index is 0.383. The van der Waals surface area contributed by atoms with Crippen LogP contribution in [0.1, 0.15) is 44.8 Å². The lowest BCUT2D eigenvalue weighted by atomic mass is 9.95. The van der Waals surface area contributed by atoms with Crippen LogP contribution in [0.25, 0.3) is 0 Å². The highest BCUT2D eigenvalue weighted by Gasteiger charge is 2.13. The summed E-state index contributed by atoms with van der Waals surface area (Å²) in [7, 11) is 0. The number of hydrogen-bond donors (Lipinski definition) is 1. The molecule has 0 saturated heterocycles. The molecule has 0 aliphatic rings. The molecule has 0 spiro atoms. The van der Waals surface area contributed by atoms with Crippen molar-refractivity contribution in [3.05, 3.63) is 35.4 Å². The van der Waals surface area contributed by atoms with Crippen LogP contribution in [0.5, 0.6) is 0 Å². The highest BCUT2D eigenvalue weighted by Crippen LogP contribution is 2.24. The Morgan fingerprint density at radius 1 is 1.25 bits per heavy atom. The average molecular weight is 228 g/mol. The lowest BCUT2D eigenvalue weighted by Gasteiger charge is -2.16. The van der Waals surface area contributed by atoms with Gasteiger partial charge in [-0.25, -0.2) is 8.78 Å². The van der Waals surface area contributed by atoms with E-state index in [1.54, 1.807) is 0 Å². The Kier molecular flexibility index (Phi) is 4.87. The second-order valence-corrected chi connectivity index (χ2v) is 4.32. The van der Waals surface area contributed by atoms with Crippen molar-refractivity contribution >= 4 is 0 Å². The van der Waals surface area contributed by atoms with Crippen LogP contribution in [0.15, 0.2) is 18.2 Å². The molecule has 0 bridgehead atoms. The molecule has 1 nitrogen and oxygen atoms in total. The van der Waals surface area contributed by atoms with Gasteiger partial charge in [0.15, 0.2) is 11.6 Å². The summed E-state index contributed by atoms with van der Waals surface area (Å²) in [6.07, 6.45) is 1.96. The molecule has 1 N–H and O–H groups in total. The maximum absolute atomic E-state index is 12.9. The van der Waals surface area contributed by atoms with Crippen molar-refractivity contribution in [2.45, 2.75) is 39.2 Å². The Labute approximate surface area is 95.1 Å². The lowest BCUT2D eigenvalue weighted by Crippen LogP contribution is -2.05. The Balaban J connectivity index is 2.65. The molecule has 0 saturated carbocycles. The fourth-order valence-electron chi connectivity index (χ4n) is 1.85. The highest BCUT2D eigenvalue weighted by molar-refractivity contribution is 5.20. The Bertz CT molecular complexity index is 339. The number of halogens is 2. The molecule has 0 amide bonds. The van der Waals surface area contributed by atoms with Gasteiger partial charge in [0.25, 0.3) is 0 Å². The van der Waals surface area contributed by atoms with Crippen molar-refractivity contribution in [3.63, 3.8) is 0 Å². The van der Waals surface area contributed by atoms with E-state index in [0.29, 0.717) is 17.9 Å². The van der Waals surface area contributed by atoms with E-state index in [1.807, 2.05) is 6.92 Å². The smallest absolute Gasteiger partial charge is 0.159 e. The van der Waals surface area contributed by atoms with E-state index < -0.39 is 17.7 Å². The average Bonchev–Trinajstić information content (AvgIpc) is 2.22. The van der Waals surface area contributed by atoms with Crippen LogP contribution >= 0.6 is 0 Å². The Morgan fingerprint density at radius 3 is 2.50 bits per heavy atom. The van der Waals surface area contributed by atoms with E-state index in [4.69, 9.17) is 0 Å². The number of aliphatic hydroxyl groups excluding tert-OH is 1. The van der Waals surface area contributed by atoms with Crippen molar-refractivity contribution in [1.82, 2.24) is 0 Å². The van der Waals surface area contributed by atoms with Gasteiger partial charge in [-0.1, -0.05) is 32.8 Å². The molecular formula is C13H18F2O. The summed E-state index contributed by atoms with van der Waals surface area (Å²) < 4.78 is 25.6. The van der Waals surface area contributed by atoms with Gasteiger partial charge < -0.3 is 5.11 Å². The lowest BCUT2D eigenvalue weighted by molar-refractivity contribution is 0.144. The van der Waals surface area contributed by atoms with Crippen LogP contribution in [0, 0.1) is 17.6 Å². The van der Waals surface area contributed by atoms with Gasteiger partial charge in [0, 0.05) is 0 Å². The standard InChI is InChI=1S/C13H18F2O/c1-3-4-9(2)7-13(16)10-5-6-11(14)12(15)8-10/h5-6,8-9,13,16H,3-4,7H2,1-2H3. The minimum atomic E-state index is -0.903. The van der Waals surface area contributed by atoms with E-state index in [2.05, 4.69) is 6.92 Å². The van der Waals surface area contributed by atoms with Gasteiger partial charge in [-0.05, 0) is 30.0 Å². The zero-order valence-electron chi connectivity index (χ0n) is 9.71. The summed E-state index contributed by atoms with van der Waals surface area (Å²) in [6.45, 7) is 4.13. The Hall–Kier alpha value is -0.960. The molecule has 0 fully saturated rings. The summed E-state index contributed by atoms with van der Waals surface area (Å²) in [5.41, 5.74) is 0.446. The van der Waals surface area contributed by atoms with Crippen molar-refractivity contribution in [3.8, 4) is 0 Å². The van der Waals surface area contributed by atoms with E-state index in [9.17, 15) is 13.9 Å². The normalized spacial score (nSPS) is 14.8. The summed E-state index contributed by atoms with van der Waals surface area (Å²) in [4.78, 5) is 0. The van der Waals surface area contributed by atoms with Crippen LogP contribution < -0.4 is 0 Å². The second kappa shape index (κ2) is 5.94. The molecule has 3 heteroatoms. The predicted octanol–water partition coefficient (Wildman–Crippen LogP) is 3.82. The van der Waals surface area contributed by atoms with E-state index >= 15 is 0 Å². The van der Waals surface area contributed by atoms with E-state index in [1.165, 1.54) is 6.07 Å². The first-order valence-corrected chi connectivity index (χ1v) is 5.67. The molecule has 0 heterocycles. The molecule has 90 valence electrons. The zero-order chi connectivity index (χ0) is 12.1. The molecule has 1 rings (SSSR count). The van der Waals surface area contributed by atoms with Crippen LogP contribution in [-0.4, -0.2) is 5.11 Å². The summed E-state index contributed by atoms with van der Waals surface area (Å²) in [5, 5.41) is 9.84. The molecule has 0 radical (unpaired) electrons. The molecule has 1 aromatic rings. The molecular weight excluding hydrogens is 210 g/mol. The molecule has 0 aromatic heterocycles. The fraction of sp³-hybridized carbons (Fsp3) is 0.538. The third kappa shape index (κ3) is 3.56. The summed E-state index contributed by atoms with van der Waals surface area (Å²) in [5.74, 6) is -1.40. The van der Waals surface area contributed by atoms with Crippen molar-refractivity contribution < 1.29 is 13.9 Å². The number of hydrogen-bond acceptors (Lipinski definition) is 1. The quantitative estimate of drug-likeness (QED) is 0.812. The van der Waals surface area contributed by atoms with Crippen molar-refractivity contribution in [2.75, 3.05) is 0 Å². The molecule has 1 aromatic carbocycles. The van der Waals surface area contributed by atoms with Gasteiger partial charge in [0.05, 0.1) is 6.10 Å². The number of rotatable bonds is 5. The molecule has 0 aliphatic carbocycles. The van der Waals surface area contributed by atoms with E-state index in [-0.39, 0.29) is 0 Å². The van der Waals surface area contributed by atoms with Gasteiger partial charge in [0.1, 0.15) is 0 Å². The van der Waals surface area contributed by atoms with Crippen molar-refractivity contribution in [1.29, 1.82) is 0 Å². The second-order valence-electron chi connectivity index (χ2n) is 4.32. The maximum atomic E-state index is 12.9. The predicted molar refractivity (Wildman–Crippen MR) is 60.0 cm³/mol. The van der Waals surface area contributed by atoms with Gasteiger partial charge in [-0.2, -0.15) is 0 Å². The largest absolute Gasteiger partial charge is 0.388 e. The monoisotopic (exact) mass is 228 g/mol. The zero-order valence-corrected chi connectivity index (χ0v) is 9.71. The Morgan fingerprint density at radius 2 is 1.94 bits per heavy atom. The van der Waals surface area contributed by atoms with Gasteiger partial charge in [-0.15, -0.1) is 0 Å². The van der Waals surface area contributed by atoms with Gasteiger partial charge >= 0.3 is 0 Å². The van der Waals surface area contributed by atoms with Crippen LogP contribution in [0.4, 0.5) is 8.78 Å². The molecule has 16 heavy (non-hydrogen) atoms. The SMILES string of the molecule is CCCC(C)CC(O)c1ccc(F)c(F)c1.